The van der Waals surface area contributed by atoms with Gasteiger partial charge in [-0.3, -0.25) is 4.72 Å². The minimum atomic E-state index is -3.59. The Bertz CT molecular complexity index is 487. The molecule has 1 unspecified atom stereocenters. The second-order valence-corrected chi connectivity index (χ2v) is 6.67. The van der Waals surface area contributed by atoms with E-state index in [0.29, 0.717) is 5.69 Å². The third-order valence-corrected chi connectivity index (χ3v) is 3.47. The van der Waals surface area contributed by atoms with Gasteiger partial charge in [0, 0.05) is 11.2 Å². The quantitative estimate of drug-likeness (QED) is 0.782. The van der Waals surface area contributed by atoms with Gasteiger partial charge in [0.1, 0.15) is 0 Å². The molecule has 0 amide bonds. The first kappa shape index (κ1) is 14.9. The Morgan fingerprint density at radius 2 is 1.67 bits per heavy atom. The van der Waals surface area contributed by atoms with Crippen molar-refractivity contribution in [3.05, 3.63) is 29.8 Å². The van der Waals surface area contributed by atoms with Crippen LogP contribution >= 0.6 is 0 Å². The molecule has 0 aliphatic carbocycles. The highest BCUT2D eigenvalue weighted by molar-refractivity contribution is 7.90. The van der Waals surface area contributed by atoms with Crippen LogP contribution in [0.25, 0.3) is 0 Å². The molecule has 0 aliphatic heterocycles. The Kier molecular flexibility index (Phi) is 4.37. The summed E-state index contributed by atoms with van der Waals surface area (Å²) in [5, 5.41) is 9.35. The third-order valence-electron chi connectivity index (χ3n) is 2.09. The van der Waals surface area contributed by atoms with Crippen LogP contribution in [0, 0.1) is 0 Å². The van der Waals surface area contributed by atoms with Gasteiger partial charge in [-0.25, -0.2) is 0 Å². The van der Waals surface area contributed by atoms with E-state index in [1.54, 1.807) is 52.0 Å². The van der Waals surface area contributed by atoms with Crippen LogP contribution < -0.4 is 9.44 Å². The highest BCUT2D eigenvalue weighted by Crippen LogP contribution is 2.16. The number of anilines is 1. The molecule has 0 bridgehead atoms. The van der Waals surface area contributed by atoms with E-state index in [2.05, 4.69) is 9.44 Å². The summed E-state index contributed by atoms with van der Waals surface area (Å²) in [5.41, 5.74) is 0.656. The Labute approximate surface area is 108 Å². The fraction of sp³-hybridized carbons (Fsp3) is 0.500. The first-order valence-corrected chi connectivity index (χ1v) is 7.17. The summed E-state index contributed by atoms with van der Waals surface area (Å²) in [6.45, 7) is 6.95. The highest BCUT2D eigenvalue weighted by Gasteiger charge is 2.19. The Balaban J connectivity index is 2.79. The summed E-state index contributed by atoms with van der Waals surface area (Å²) >= 11 is 0. The van der Waals surface area contributed by atoms with Gasteiger partial charge in [-0.1, -0.05) is 12.1 Å². The Morgan fingerprint density at radius 1 is 1.17 bits per heavy atom. The number of rotatable bonds is 4. The number of aliphatic hydroxyl groups excluding tert-OH is 1. The van der Waals surface area contributed by atoms with Gasteiger partial charge in [0.15, 0.2) is 0 Å². The molecule has 0 fully saturated rings. The van der Waals surface area contributed by atoms with E-state index >= 15 is 0 Å². The summed E-state index contributed by atoms with van der Waals surface area (Å²) in [5.74, 6) is 0. The van der Waals surface area contributed by atoms with Gasteiger partial charge in [-0.05, 0) is 45.4 Å². The molecule has 5 nitrogen and oxygen atoms in total. The molecule has 0 aliphatic rings. The van der Waals surface area contributed by atoms with E-state index in [-0.39, 0.29) is 0 Å². The van der Waals surface area contributed by atoms with Crippen LogP contribution in [0.15, 0.2) is 24.3 Å². The minimum absolute atomic E-state index is 0.455. The Morgan fingerprint density at radius 3 is 2.06 bits per heavy atom. The van der Waals surface area contributed by atoms with E-state index in [1.807, 2.05) is 0 Å². The molecule has 0 saturated carbocycles. The van der Waals surface area contributed by atoms with Gasteiger partial charge in [-0.15, -0.1) is 0 Å². The lowest BCUT2D eigenvalue weighted by molar-refractivity contribution is 0.199. The number of aliphatic hydroxyl groups is 1. The van der Waals surface area contributed by atoms with E-state index in [0.717, 1.165) is 5.56 Å². The molecule has 0 spiro atoms. The Hall–Kier alpha value is -1.11. The zero-order valence-electron chi connectivity index (χ0n) is 11.1. The summed E-state index contributed by atoms with van der Waals surface area (Å²) in [6.07, 6.45) is -0.566. The largest absolute Gasteiger partial charge is 0.389 e. The van der Waals surface area contributed by atoms with Crippen LogP contribution in [0.2, 0.25) is 0 Å². The first-order chi connectivity index (χ1) is 8.09. The fourth-order valence-corrected chi connectivity index (χ4v) is 2.72. The van der Waals surface area contributed by atoms with Crippen molar-refractivity contribution in [2.75, 3.05) is 4.72 Å². The third kappa shape index (κ3) is 5.03. The van der Waals surface area contributed by atoms with Crippen molar-refractivity contribution in [2.24, 2.45) is 0 Å². The van der Waals surface area contributed by atoms with Gasteiger partial charge in [0.25, 0.3) is 10.2 Å². The van der Waals surface area contributed by atoms with E-state index in [1.165, 1.54) is 0 Å². The number of hydrogen-bond acceptors (Lipinski definition) is 3. The number of benzene rings is 1. The van der Waals surface area contributed by atoms with Crippen LogP contribution in [-0.4, -0.2) is 19.1 Å². The lowest BCUT2D eigenvalue weighted by Crippen LogP contribution is -2.43. The van der Waals surface area contributed by atoms with Crippen LogP contribution in [0.1, 0.15) is 39.4 Å². The van der Waals surface area contributed by atoms with Crippen LogP contribution in [0.3, 0.4) is 0 Å². The fourth-order valence-electron chi connectivity index (χ4n) is 1.41. The van der Waals surface area contributed by atoms with Crippen molar-refractivity contribution in [1.29, 1.82) is 0 Å². The second kappa shape index (κ2) is 5.26. The molecule has 3 N–H and O–H groups in total. The van der Waals surface area contributed by atoms with Crippen molar-refractivity contribution < 1.29 is 13.5 Å². The van der Waals surface area contributed by atoms with Crippen molar-refractivity contribution in [3.8, 4) is 0 Å². The SMILES string of the molecule is CC(O)c1ccc(NS(=O)(=O)NC(C)(C)C)cc1. The lowest BCUT2D eigenvalue weighted by atomic mass is 10.1. The van der Waals surface area contributed by atoms with E-state index in [4.69, 9.17) is 0 Å². The van der Waals surface area contributed by atoms with Gasteiger partial charge >= 0.3 is 0 Å². The predicted molar refractivity (Wildman–Crippen MR) is 72.5 cm³/mol. The molecule has 1 aromatic rings. The molecule has 0 aromatic heterocycles. The smallest absolute Gasteiger partial charge is 0.299 e. The summed E-state index contributed by atoms with van der Waals surface area (Å²) < 4.78 is 28.4. The maximum absolute atomic E-state index is 11.8. The van der Waals surface area contributed by atoms with Crippen LogP contribution in [0.5, 0.6) is 0 Å². The molecule has 1 atom stereocenters. The second-order valence-electron chi connectivity index (χ2n) is 5.26. The molecule has 0 saturated heterocycles. The van der Waals surface area contributed by atoms with Gasteiger partial charge in [0.05, 0.1) is 6.10 Å². The average Bonchev–Trinajstić information content (AvgIpc) is 2.13. The highest BCUT2D eigenvalue weighted by atomic mass is 32.2. The summed E-state index contributed by atoms with van der Waals surface area (Å²) in [7, 11) is -3.59. The van der Waals surface area contributed by atoms with Crippen LogP contribution in [-0.2, 0) is 10.2 Å². The van der Waals surface area contributed by atoms with Gasteiger partial charge < -0.3 is 5.11 Å². The van der Waals surface area contributed by atoms with Crippen molar-refractivity contribution in [1.82, 2.24) is 4.72 Å². The van der Waals surface area contributed by atoms with Crippen molar-refractivity contribution in [2.45, 2.75) is 39.3 Å². The molecular formula is C12H20N2O3S. The zero-order valence-corrected chi connectivity index (χ0v) is 11.9. The minimum Gasteiger partial charge on any atom is -0.389 e. The summed E-state index contributed by atoms with van der Waals surface area (Å²) in [6, 6.07) is 6.59. The van der Waals surface area contributed by atoms with Gasteiger partial charge in [-0.2, -0.15) is 13.1 Å². The molecule has 0 radical (unpaired) electrons. The summed E-state index contributed by atoms with van der Waals surface area (Å²) in [4.78, 5) is 0. The van der Waals surface area contributed by atoms with Crippen molar-refractivity contribution in [3.63, 3.8) is 0 Å². The molecule has 1 rings (SSSR count). The average molecular weight is 272 g/mol. The molecular weight excluding hydrogens is 252 g/mol. The molecule has 102 valence electrons. The van der Waals surface area contributed by atoms with E-state index < -0.39 is 21.9 Å². The zero-order chi connectivity index (χ0) is 14.0. The van der Waals surface area contributed by atoms with Crippen LogP contribution in [0.4, 0.5) is 5.69 Å². The number of nitrogens with one attached hydrogen (secondary N) is 2. The lowest BCUT2D eigenvalue weighted by Gasteiger charge is -2.21. The van der Waals surface area contributed by atoms with Gasteiger partial charge in [0.2, 0.25) is 0 Å². The maximum atomic E-state index is 11.8. The number of hydrogen-bond donors (Lipinski definition) is 3. The maximum Gasteiger partial charge on any atom is 0.299 e. The van der Waals surface area contributed by atoms with E-state index in [9.17, 15) is 13.5 Å². The predicted octanol–water partition coefficient (Wildman–Crippen LogP) is 1.78. The topological polar surface area (TPSA) is 78.4 Å². The first-order valence-electron chi connectivity index (χ1n) is 5.69. The normalized spacial score (nSPS) is 14.3. The molecule has 6 heteroatoms. The molecule has 18 heavy (non-hydrogen) atoms. The molecule has 1 aromatic carbocycles. The standard InChI is InChI=1S/C12H20N2O3S/c1-9(15)10-5-7-11(8-6-10)13-18(16,17)14-12(2,3)4/h5-9,13-15H,1-4H3. The monoisotopic (exact) mass is 272 g/mol. The molecule has 0 heterocycles. The van der Waals surface area contributed by atoms with Crippen molar-refractivity contribution >= 4 is 15.9 Å².